The molecule has 0 bridgehead atoms. The highest BCUT2D eigenvalue weighted by atomic mass is 32.2. The van der Waals surface area contributed by atoms with Gasteiger partial charge in [0.2, 0.25) is 0 Å². The number of rotatable bonds is 5. The summed E-state index contributed by atoms with van der Waals surface area (Å²) in [5.41, 5.74) is 1.98. The van der Waals surface area contributed by atoms with Gasteiger partial charge in [0.15, 0.2) is 16.7 Å². The van der Waals surface area contributed by atoms with Crippen molar-refractivity contribution in [3.63, 3.8) is 0 Å². The van der Waals surface area contributed by atoms with Crippen LogP contribution in [-0.2, 0) is 12.3 Å². The summed E-state index contributed by atoms with van der Waals surface area (Å²) < 4.78 is 12.4. The summed E-state index contributed by atoms with van der Waals surface area (Å²) in [6.07, 6.45) is 3.31. The predicted octanol–water partition coefficient (Wildman–Crippen LogP) is 3.15. The molecule has 0 unspecified atom stereocenters. The zero-order valence-electron chi connectivity index (χ0n) is 11.2. The molecule has 0 spiro atoms. The Morgan fingerprint density at radius 3 is 2.90 bits per heavy atom. The number of aromatic nitrogens is 4. The summed E-state index contributed by atoms with van der Waals surface area (Å²) in [6.45, 7) is 4.77. The van der Waals surface area contributed by atoms with Crippen molar-refractivity contribution < 1.29 is 8.94 Å². The van der Waals surface area contributed by atoms with Gasteiger partial charge in [-0.2, -0.15) is 0 Å². The van der Waals surface area contributed by atoms with E-state index in [1.165, 1.54) is 0 Å². The first kappa shape index (κ1) is 13.0. The first-order valence-corrected chi connectivity index (χ1v) is 7.28. The van der Waals surface area contributed by atoms with Crippen molar-refractivity contribution in [2.75, 3.05) is 0 Å². The van der Waals surface area contributed by atoms with E-state index in [1.807, 2.05) is 23.6 Å². The Morgan fingerprint density at radius 2 is 2.25 bits per heavy atom. The second-order valence-corrected chi connectivity index (χ2v) is 5.18. The van der Waals surface area contributed by atoms with E-state index < -0.39 is 0 Å². The van der Waals surface area contributed by atoms with E-state index in [4.69, 9.17) is 8.94 Å². The van der Waals surface area contributed by atoms with E-state index in [1.54, 1.807) is 24.3 Å². The van der Waals surface area contributed by atoms with Gasteiger partial charge in [0.25, 0.3) is 0 Å². The second-order valence-electron chi connectivity index (χ2n) is 4.24. The highest BCUT2D eigenvalue weighted by Gasteiger charge is 2.15. The summed E-state index contributed by atoms with van der Waals surface area (Å²) >= 11 is 1.61. The van der Waals surface area contributed by atoms with Gasteiger partial charge in [0.1, 0.15) is 6.26 Å². The lowest BCUT2D eigenvalue weighted by Crippen LogP contribution is -1.99. The molecule has 3 aromatic rings. The van der Waals surface area contributed by atoms with Crippen molar-refractivity contribution in [1.29, 1.82) is 0 Å². The molecule has 3 rings (SSSR count). The van der Waals surface area contributed by atoms with Crippen molar-refractivity contribution in [1.82, 2.24) is 19.9 Å². The maximum atomic E-state index is 5.39. The largest absolute Gasteiger partial charge is 0.461 e. The summed E-state index contributed by atoms with van der Waals surface area (Å²) in [5, 5.41) is 13.2. The fourth-order valence-corrected chi connectivity index (χ4v) is 2.89. The maximum Gasteiger partial charge on any atom is 0.200 e. The third kappa shape index (κ3) is 2.36. The average molecular weight is 290 g/mol. The van der Waals surface area contributed by atoms with Crippen molar-refractivity contribution in [3.05, 3.63) is 35.9 Å². The number of furan rings is 1. The van der Waals surface area contributed by atoms with Crippen LogP contribution in [0.1, 0.15) is 18.2 Å². The average Bonchev–Trinajstić information content (AvgIpc) is 3.16. The van der Waals surface area contributed by atoms with Gasteiger partial charge < -0.3 is 8.94 Å². The third-order valence-electron chi connectivity index (χ3n) is 2.98. The van der Waals surface area contributed by atoms with Gasteiger partial charge in [-0.25, -0.2) is 0 Å². The third-order valence-corrected chi connectivity index (χ3v) is 4.00. The molecule has 0 saturated carbocycles. The van der Waals surface area contributed by atoms with Crippen molar-refractivity contribution >= 4 is 11.8 Å². The lowest BCUT2D eigenvalue weighted by molar-refractivity contribution is 0.414. The van der Waals surface area contributed by atoms with Crippen molar-refractivity contribution in [3.8, 4) is 11.6 Å². The second kappa shape index (κ2) is 5.54. The summed E-state index contributed by atoms with van der Waals surface area (Å²) in [5.74, 6) is 2.24. The molecular formula is C13H14N4O2S. The van der Waals surface area contributed by atoms with Crippen LogP contribution < -0.4 is 0 Å². The monoisotopic (exact) mass is 290 g/mol. The molecule has 3 heterocycles. The van der Waals surface area contributed by atoms with E-state index in [0.29, 0.717) is 0 Å². The first-order chi connectivity index (χ1) is 9.79. The minimum absolute atomic E-state index is 0.729. The van der Waals surface area contributed by atoms with Crippen molar-refractivity contribution in [2.45, 2.75) is 31.3 Å². The van der Waals surface area contributed by atoms with E-state index in [2.05, 4.69) is 22.3 Å². The summed E-state index contributed by atoms with van der Waals surface area (Å²) in [6, 6.07) is 3.73. The standard InChI is InChI=1S/C13H14N4O2S/c1-3-17-12(11-5-4-6-18-11)14-15-13(17)20-8-10-7-19-16-9(10)2/h4-7H,3,8H2,1-2H3. The van der Waals surface area contributed by atoms with E-state index in [0.717, 1.165) is 40.3 Å². The van der Waals surface area contributed by atoms with Crippen LogP contribution in [0.15, 0.2) is 38.8 Å². The Kier molecular flexibility index (Phi) is 3.60. The lowest BCUT2D eigenvalue weighted by atomic mass is 10.3. The Labute approximate surface area is 120 Å². The highest BCUT2D eigenvalue weighted by Crippen LogP contribution is 2.27. The molecule has 0 amide bonds. The lowest BCUT2D eigenvalue weighted by Gasteiger charge is -2.05. The molecular weight excluding hydrogens is 276 g/mol. The van der Waals surface area contributed by atoms with Gasteiger partial charge >= 0.3 is 0 Å². The van der Waals surface area contributed by atoms with E-state index >= 15 is 0 Å². The van der Waals surface area contributed by atoms with Gasteiger partial charge in [-0.1, -0.05) is 16.9 Å². The van der Waals surface area contributed by atoms with Gasteiger partial charge in [-0.3, -0.25) is 4.57 Å². The summed E-state index contributed by atoms with van der Waals surface area (Å²) in [4.78, 5) is 0. The molecule has 0 aromatic carbocycles. The molecule has 0 aliphatic rings. The number of thioether (sulfide) groups is 1. The molecule has 0 fully saturated rings. The van der Waals surface area contributed by atoms with Crippen molar-refractivity contribution in [2.24, 2.45) is 0 Å². The molecule has 3 aromatic heterocycles. The molecule has 0 aliphatic heterocycles. The smallest absolute Gasteiger partial charge is 0.200 e. The molecule has 0 saturated heterocycles. The molecule has 0 radical (unpaired) electrons. The fraction of sp³-hybridized carbons (Fsp3) is 0.308. The molecule has 6 nitrogen and oxygen atoms in total. The van der Waals surface area contributed by atoms with E-state index in [9.17, 15) is 0 Å². The van der Waals surface area contributed by atoms with Crippen LogP contribution in [0.4, 0.5) is 0 Å². The predicted molar refractivity (Wildman–Crippen MR) is 74.2 cm³/mol. The van der Waals surface area contributed by atoms with Gasteiger partial charge in [0.05, 0.1) is 12.0 Å². The Morgan fingerprint density at radius 1 is 1.35 bits per heavy atom. The topological polar surface area (TPSA) is 69.9 Å². The van der Waals surface area contributed by atoms with Crippen LogP contribution in [0, 0.1) is 6.92 Å². The van der Waals surface area contributed by atoms with Crippen LogP contribution in [0.25, 0.3) is 11.6 Å². The van der Waals surface area contributed by atoms with Crippen LogP contribution in [0.5, 0.6) is 0 Å². The van der Waals surface area contributed by atoms with Gasteiger partial charge in [0, 0.05) is 17.9 Å². The zero-order valence-corrected chi connectivity index (χ0v) is 12.1. The minimum Gasteiger partial charge on any atom is -0.461 e. The number of hydrogen-bond acceptors (Lipinski definition) is 6. The van der Waals surface area contributed by atoms with Crippen LogP contribution in [0.3, 0.4) is 0 Å². The number of nitrogens with zero attached hydrogens (tertiary/aromatic N) is 4. The molecule has 0 atom stereocenters. The first-order valence-electron chi connectivity index (χ1n) is 6.29. The van der Waals surface area contributed by atoms with Crippen LogP contribution in [0.2, 0.25) is 0 Å². The van der Waals surface area contributed by atoms with Crippen LogP contribution >= 0.6 is 11.8 Å². The van der Waals surface area contributed by atoms with Gasteiger partial charge in [-0.05, 0) is 26.0 Å². The summed E-state index contributed by atoms with van der Waals surface area (Å²) in [7, 11) is 0. The fourth-order valence-electron chi connectivity index (χ4n) is 1.86. The zero-order chi connectivity index (χ0) is 13.9. The Hall–Kier alpha value is -2.02. The Bertz CT molecular complexity index is 687. The molecule has 104 valence electrons. The number of aryl methyl sites for hydroxylation is 1. The molecule has 20 heavy (non-hydrogen) atoms. The maximum absolute atomic E-state index is 5.39. The Balaban J connectivity index is 1.82. The molecule has 0 N–H and O–H groups in total. The SMILES string of the molecule is CCn1c(SCc2conc2C)nnc1-c1ccco1. The quantitative estimate of drug-likeness (QED) is 0.672. The molecule has 7 heteroatoms. The normalized spacial score (nSPS) is 11.1. The van der Waals surface area contributed by atoms with Crippen LogP contribution in [-0.4, -0.2) is 19.9 Å². The highest BCUT2D eigenvalue weighted by molar-refractivity contribution is 7.98. The minimum atomic E-state index is 0.729. The molecule has 0 aliphatic carbocycles. The van der Waals surface area contributed by atoms with E-state index in [-0.39, 0.29) is 0 Å². The number of hydrogen-bond donors (Lipinski definition) is 0. The van der Waals surface area contributed by atoms with Gasteiger partial charge in [-0.15, -0.1) is 10.2 Å².